The third-order valence-corrected chi connectivity index (χ3v) is 3.88. The van der Waals surface area contributed by atoms with Crippen molar-refractivity contribution in [3.05, 3.63) is 29.8 Å². The lowest BCUT2D eigenvalue weighted by Gasteiger charge is -2.31. The van der Waals surface area contributed by atoms with E-state index in [1.54, 1.807) is 0 Å². The van der Waals surface area contributed by atoms with Crippen LogP contribution in [-0.4, -0.2) is 36.3 Å². The van der Waals surface area contributed by atoms with Crippen LogP contribution in [0, 0.1) is 5.92 Å². The fourth-order valence-corrected chi connectivity index (χ4v) is 2.70. The zero-order valence-electron chi connectivity index (χ0n) is 12.5. The van der Waals surface area contributed by atoms with Crippen LogP contribution in [0.2, 0.25) is 0 Å². The second-order valence-corrected chi connectivity index (χ2v) is 5.47. The molecule has 3 N–H and O–H groups in total. The molecule has 114 valence electrons. The summed E-state index contributed by atoms with van der Waals surface area (Å²) in [4.78, 5) is 25.9. The Labute approximate surface area is 125 Å². The average molecular weight is 289 g/mol. The van der Waals surface area contributed by atoms with Crippen LogP contribution in [0.25, 0.3) is 0 Å². The van der Waals surface area contributed by atoms with Gasteiger partial charge in [-0.15, -0.1) is 0 Å². The number of nitrogens with two attached hydrogens (primary N) is 1. The maximum atomic E-state index is 12.3. The van der Waals surface area contributed by atoms with Gasteiger partial charge in [-0.05, 0) is 37.5 Å². The Morgan fingerprint density at radius 3 is 2.67 bits per heavy atom. The highest BCUT2D eigenvalue weighted by molar-refractivity contribution is 5.81. The second-order valence-electron chi connectivity index (χ2n) is 5.47. The number of benzene rings is 1. The minimum Gasteiger partial charge on any atom is -0.399 e. The van der Waals surface area contributed by atoms with E-state index in [1.165, 1.54) is 0 Å². The summed E-state index contributed by atoms with van der Waals surface area (Å²) in [6.07, 6.45) is 1.86. The van der Waals surface area contributed by atoms with Crippen molar-refractivity contribution < 1.29 is 9.59 Å². The Kier molecular flexibility index (Phi) is 5.20. The minimum atomic E-state index is 0.0429. The number of hydrogen-bond acceptors (Lipinski definition) is 3. The van der Waals surface area contributed by atoms with Crippen molar-refractivity contribution in [3.63, 3.8) is 0 Å². The molecule has 0 saturated carbocycles. The van der Waals surface area contributed by atoms with Crippen LogP contribution < -0.4 is 11.1 Å². The fourth-order valence-electron chi connectivity index (χ4n) is 2.70. The molecule has 0 atom stereocenters. The third kappa shape index (κ3) is 4.21. The third-order valence-electron chi connectivity index (χ3n) is 3.88. The van der Waals surface area contributed by atoms with Gasteiger partial charge >= 0.3 is 0 Å². The van der Waals surface area contributed by atoms with Crippen molar-refractivity contribution in [2.45, 2.75) is 26.2 Å². The molecule has 0 unspecified atom stereocenters. The quantitative estimate of drug-likeness (QED) is 0.817. The van der Waals surface area contributed by atoms with Gasteiger partial charge in [0, 0.05) is 31.2 Å². The lowest BCUT2D eigenvalue weighted by Crippen LogP contribution is -2.43. The summed E-state index contributed by atoms with van der Waals surface area (Å²) in [5, 5.41) is 2.85. The molecule has 5 nitrogen and oxygen atoms in total. The summed E-state index contributed by atoms with van der Waals surface area (Å²) in [6.45, 7) is 3.89. The van der Waals surface area contributed by atoms with Crippen LogP contribution in [0.5, 0.6) is 0 Å². The van der Waals surface area contributed by atoms with Crippen LogP contribution in [0.4, 0.5) is 5.69 Å². The number of carbonyl (C=O) groups is 2. The molecular formula is C16H23N3O2. The van der Waals surface area contributed by atoms with E-state index < -0.39 is 0 Å². The monoisotopic (exact) mass is 289 g/mol. The van der Waals surface area contributed by atoms with Gasteiger partial charge in [0.05, 0.1) is 6.42 Å². The van der Waals surface area contributed by atoms with Gasteiger partial charge in [-0.2, -0.15) is 0 Å². The van der Waals surface area contributed by atoms with Gasteiger partial charge in [-0.25, -0.2) is 0 Å². The van der Waals surface area contributed by atoms with E-state index in [2.05, 4.69) is 5.32 Å². The maximum absolute atomic E-state index is 12.3. The van der Waals surface area contributed by atoms with Crippen molar-refractivity contribution in [1.29, 1.82) is 0 Å². The first kappa shape index (κ1) is 15.4. The topological polar surface area (TPSA) is 75.4 Å². The van der Waals surface area contributed by atoms with Gasteiger partial charge in [0.15, 0.2) is 0 Å². The normalized spacial score (nSPS) is 15.8. The van der Waals surface area contributed by atoms with Gasteiger partial charge in [0.1, 0.15) is 0 Å². The Hall–Kier alpha value is -2.04. The zero-order chi connectivity index (χ0) is 15.2. The zero-order valence-corrected chi connectivity index (χ0v) is 12.5. The molecule has 0 bridgehead atoms. The number of amides is 2. The van der Waals surface area contributed by atoms with Gasteiger partial charge < -0.3 is 16.0 Å². The van der Waals surface area contributed by atoms with E-state index in [4.69, 9.17) is 5.73 Å². The van der Waals surface area contributed by atoms with E-state index >= 15 is 0 Å². The summed E-state index contributed by atoms with van der Waals surface area (Å²) >= 11 is 0. The molecule has 1 aliphatic rings. The molecule has 1 aliphatic heterocycles. The molecule has 1 aromatic carbocycles. The number of piperidine rings is 1. The molecule has 0 radical (unpaired) electrons. The number of hydrogen-bond donors (Lipinski definition) is 2. The molecule has 0 aliphatic carbocycles. The molecule has 2 amide bonds. The van der Waals surface area contributed by atoms with Gasteiger partial charge in [-0.1, -0.05) is 12.1 Å². The molecule has 0 spiro atoms. The number of nitrogens with one attached hydrogen (secondary N) is 1. The molecular weight excluding hydrogens is 266 g/mol. The number of nitrogens with zero attached hydrogens (tertiary/aromatic N) is 1. The lowest BCUT2D eigenvalue weighted by atomic mass is 9.95. The largest absolute Gasteiger partial charge is 0.399 e. The summed E-state index contributed by atoms with van der Waals surface area (Å²) in [6, 6.07) is 7.42. The standard InChI is InChI=1S/C16H23N3O2/c1-2-18-16(21)13-6-8-19(9-7-13)15(20)11-12-4-3-5-14(17)10-12/h3-5,10,13H,2,6-9,11,17H2,1H3,(H,18,21). The minimum absolute atomic E-state index is 0.0429. The first-order chi connectivity index (χ1) is 10.1. The Bertz CT molecular complexity index is 508. The maximum Gasteiger partial charge on any atom is 0.226 e. The molecule has 1 heterocycles. The van der Waals surface area contributed by atoms with Crippen LogP contribution in [0.15, 0.2) is 24.3 Å². The smallest absolute Gasteiger partial charge is 0.226 e. The molecule has 5 heteroatoms. The Morgan fingerprint density at radius 2 is 2.05 bits per heavy atom. The predicted octanol–water partition coefficient (Wildman–Crippen LogP) is 1.19. The number of likely N-dealkylation sites (tertiary alicyclic amines) is 1. The molecule has 1 saturated heterocycles. The number of nitrogen functional groups attached to an aromatic ring is 1. The highest BCUT2D eigenvalue weighted by atomic mass is 16.2. The van der Waals surface area contributed by atoms with Crippen LogP contribution in [0.1, 0.15) is 25.3 Å². The first-order valence-corrected chi connectivity index (χ1v) is 7.50. The first-order valence-electron chi connectivity index (χ1n) is 7.50. The average Bonchev–Trinajstić information content (AvgIpc) is 2.47. The Balaban J connectivity index is 1.84. The second kappa shape index (κ2) is 7.11. The van der Waals surface area contributed by atoms with Crippen LogP contribution in [-0.2, 0) is 16.0 Å². The van der Waals surface area contributed by atoms with Gasteiger partial charge in [-0.3, -0.25) is 9.59 Å². The molecule has 21 heavy (non-hydrogen) atoms. The van der Waals surface area contributed by atoms with E-state index in [1.807, 2.05) is 36.1 Å². The summed E-state index contributed by atoms with van der Waals surface area (Å²) in [5.41, 5.74) is 7.34. The molecule has 0 aromatic heterocycles. The number of rotatable bonds is 4. The summed E-state index contributed by atoms with van der Waals surface area (Å²) < 4.78 is 0. The highest BCUT2D eigenvalue weighted by Gasteiger charge is 2.26. The van der Waals surface area contributed by atoms with Crippen molar-refractivity contribution in [1.82, 2.24) is 10.2 Å². The predicted molar refractivity (Wildman–Crippen MR) is 82.5 cm³/mol. The lowest BCUT2D eigenvalue weighted by molar-refractivity contribution is -0.135. The number of anilines is 1. The fraction of sp³-hybridized carbons (Fsp3) is 0.500. The Morgan fingerprint density at radius 1 is 1.33 bits per heavy atom. The van der Waals surface area contributed by atoms with E-state index in [9.17, 15) is 9.59 Å². The van der Waals surface area contributed by atoms with E-state index in [0.717, 1.165) is 18.4 Å². The van der Waals surface area contributed by atoms with Gasteiger partial charge in [0.25, 0.3) is 0 Å². The highest BCUT2D eigenvalue weighted by Crippen LogP contribution is 2.18. The van der Waals surface area contributed by atoms with Gasteiger partial charge in [0.2, 0.25) is 11.8 Å². The van der Waals surface area contributed by atoms with E-state index in [0.29, 0.717) is 31.7 Å². The summed E-state index contributed by atoms with van der Waals surface area (Å²) in [7, 11) is 0. The van der Waals surface area contributed by atoms with Crippen molar-refractivity contribution >= 4 is 17.5 Å². The van der Waals surface area contributed by atoms with E-state index in [-0.39, 0.29) is 17.7 Å². The van der Waals surface area contributed by atoms with Crippen molar-refractivity contribution in [3.8, 4) is 0 Å². The summed E-state index contributed by atoms with van der Waals surface area (Å²) in [5.74, 6) is 0.261. The van der Waals surface area contributed by atoms with Crippen LogP contribution >= 0.6 is 0 Å². The van der Waals surface area contributed by atoms with Crippen LogP contribution in [0.3, 0.4) is 0 Å². The molecule has 1 fully saturated rings. The van der Waals surface area contributed by atoms with Crippen molar-refractivity contribution in [2.24, 2.45) is 5.92 Å². The molecule has 2 rings (SSSR count). The SMILES string of the molecule is CCNC(=O)C1CCN(C(=O)Cc2cccc(N)c2)CC1. The number of carbonyl (C=O) groups excluding carboxylic acids is 2. The molecule has 1 aromatic rings. The van der Waals surface area contributed by atoms with Crippen molar-refractivity contribution in [2.75, 3.05) is 25.4 Å².